The van der Waals surface area contributed by atoms with E-state index in [4.69, 9.17) is 2.74 Å². The monoisotopic (exact) mass is 1360 g/mol. The van der Waals surface area contributed by atoms with E-state index in [0.717, 1.165) is 154 Å². The van der Waals surface area contributed by atoms with Gasteiger partial charge < -0.3 is 9.80 Å². The zero-order valence-electron chi connectivity index (χ0n) is 65.9. The Balaban J connectivity index is 1.04. The number of rotatable bonds is 10. The highest BCUT2D eigenvalue weighted by Crippen LogP contribution is 2.57. The van der Waals surface area contributed by atoms with E-state index in [9.17, 15) is 8.22 Å². The summed E-state index contributed by atoms with van der Waals surface area (Å²) in [5, 5.41) is 2.29. The van der Waals surface area contributed by atoms with Crippen molar-refractivity contribution < 1.29 is 11.0 Å². The zero-order valence-corrected chi connectivity index (χ0v) is 59.6. The van der Waals surface area contributed by atoms with Gasteiger partial charge in [0.2, 0.25) is 0 Å². The molecule has 15 aromatic carbocycles. The summed E-state index contributed by atoms with van der Waals surface area (Å²) in [6.45, 7) is 13.1. The van der Waals surface area contributed by atoms with Crippen molar-refractivity contribution >= 4 is 120 Å². The number of hydrogen-bond donors (Lipinski definition) is 0. The number of hydrogen-bond acceptors (Lipinski definition) is 4. The highest BCUT2D eigenvalue weighted by atomic mass is 32.1. The van der Waals surface area contributed by atoms with Gasteiger partial charge in [0.05, 0.1) is 22.3 Å². The van der Waals surface area contributed by atoms with E-state index in [1.807, 2.05) is 24.3 Å². The van der Waals surface area contributed by atoms with Crippen molar-refractivity contribution in [1.82, 2.24) is 0 Å². The van der Waals surface area contributed by atoms with Crippen molar-refractivity contribution in [3.8, 4) is 89.0 Å². The van der Waals surface area contributed by atoms with Crippen LogP contribution in [0.15, 0.2) is 333 Å². The maximum atomic E-state index is 9.94. The molecule has 0 atom stereocenters. The third kappa shape index (κ3) is 10.6. The summed E-state index contributed by atoms with van der Waals surface area (Å²) >= 11 is 2.75. The molecular weight excluding hydrogens is 1280 g/mol. The van der Waals surface area contributed by atoms with Gasteiger partial charge in [0.25, 0.3) is 6.71 Å². The molecular formula is C98H73BN2S2. The van der Waals surface area contributed by atoms with Crippen LogP contribution in [-0.4, -0.2) is 6.71 Å². The van der Waals surface area contributed by atoms with Crippen LogP contribution in [0.4, 0.5) is 34.1 Å². The molecule has 2 nitrogen and oxygen atoms in total. The third-order valence-corrected chi connectivity index (χ3v) is 23.2. The summed E-state index contributed by atoms with van der Waals surface area (Å²) in [6, 6.07) is 102. The first kappa shape index (κ1) is 54.2. The molecule has 0 fully saturated rings. The van der Waals surface area contributed by atoms with Crippen molar-refractivity contribution in [3.63, 3.8) is 0 Å². The fourth-order valence-electron chi connectivity index (χ4n) is 16.0. The summed E-state index contributed by atoms with van der Waals surface area (Å²) < 4.78 is 78.4. The van der Waals surface area contributed by atoms with E-state index in [0.29, 0.717) is 30.9 Å². The van der Waals surface area contributed by atoms with Crippen LogP contribution in [0.1, 0.15) is 63.6 Å². The molecule has 19 rings (SSSR count). The van der Waals surface area contributed by atoms with Crippen LogP contribution in [0.5, 0.6) is 0 Å². The lowest BCUT2D eigenvalue weighted by atomic mass is 9.33. The van der Waals surface area contributed by atoms with E-state index in [1.54, 1.807) is 0 Å². The Morgan fingerprint density at radius 2 is 0.689 bits per heavy atom. The van der Waals surface area contributed by atoms with Gasteiger partial charge >= 0.3 is 0 Å². The van der Waals surface area contributed by atoms with E-state index in [-0.39, 0.29) is 53.8 Å². The van der Waals surface area contributed by atoms with Crippen LogP contribution >= 0.6 is 22.7 Å². The molecule has 490 valence electrons. The van der Waals surface area contributed by atoms with Gasteiger partial charge in [-0.2, -0.15) is 0 Å². The van der Waals surface area contributed by atoms with Crippen LogP contribution in [0, 0.1) is 0 Å². The molecule has 2 aliphatic heterocycles. The molecule has 0 amide bonds. The van der Waals surface area contributed by atoms with Gasteiger partial charge in [-0.25, -0.2) is 0 Å². The second-order valence-corrected chi connectivity index (χ2v) is 31.4. The Morgan fingerprint density at radius 1 is 0.282 bits per heavy atom. The number of anilines is 6. The quantitative estimate of drug-likeness (QED) is 0.126. The first-order chi connectivity index (χ1) is 53.7. The minimum absolute atomic E-state index is 0.0901. The van der Waals surface area contributed by atoms with Crippen LogP contribution in [0.25, 0.3) is 129 Å². The van der Waals surface area contributed by atoms with Crippen LogP contribution in [0.2, 0.25) is 0 Å². The van der Waals surface area contributed by atoms with E-state index in [1.165, 1.54) is 28.2 Å². The molecule has 5 heteroatoms. The average Bonchev–Trinajstić information content (AvgIpc) is 1.08. The summed E-state index contributed by atoms with van der Waals surface area (Å²) in [5.74, 6) is 0. The first-order valence-electron chi connectivity index (χ1n) is 39.3. The fourth-order valence-corrected chi connectivity index (χ4v) is 18.1. The summed E-state index contributed by atoms with van der Waals surface area (Å²) in [4.78, 5) is 5.10. The van der Waals surface area contributed by atoms with Crippen LogP contribution in [0.3, 0.4) is 0 Å². The molecule has 2 aliphatic rings. The number of para-hydroxylation sites is 1. The highest BCUT2D eigenvalue weighted by Gasteiger charge is 2.46. The summed E-state index contributed by atoms with van der Waals surface area (Å²) in [7, 11) is 0. The van der Waals surface area contributed by atoms with Crippen LogP contribution in [-0.2, 0) is 10.8 Å². The lowest BCUT2D eigenvalue weighted by Gasteiger charge is -2.46. The molecule has 4 heterocycles. The molecule has 0 saturated heterocycles. The number of benzene rings is 15. The van der Waals surface area contributed by atoms with Crippen molar-refractivity contribution in [2.24, 2.45) is 0 Å². The Bertz CT molecular complexity index is 6510. The van der Waals surface area contributed by atoms with E-state index >= 15 is 0 Å². The van der Waals surface area contributed by atoms with Gasteiger partial charge in [0.1, 0.15) is 0 Å². The van der Waals surface area contributed by atoms with Gasteiger partial charge in [-0.15, -0.1) is 22.7 Å². The minimum atomic E-state index is -0.528. The van der Waals surface area contributed by atoms with Gasteiger partial charge in [-0.05, 0) is 178 Å². The molecule has 17 aromatic rings. The normalized spacial score (nSPS) is 13.8. The van der Waals surface area contributed by atoms with Gasteiger partial charge in [-0.3, -0.25) is 0 Å². The molecule has 0 radical (unpaired) electrons. The third-order valence-electron chi connectivity index (χ3n) is 21.0. The van der Waals surface area contributed by atoms with Crippen molar-refractivity contribution in [3.05, 3.63) is 345 Å². The Morgan fingerprint density at radius 3 is 1.19 bits per heavy atom. The standard InChI is InChI=1S/C98H73BN2S2/c1-97(2,3)72-51-52-82-85(61-72)101(95-74(64-32-15-9-16-33-64)42-25-43-75(95)65-34-17-10-18-35-65)87-58-71(69-39-24-37-67(55-69)63-30-13-8-14-31-63)57-86-94(87)99(82)83-56-70(68-38-23-36-66(54-68)62-28-11-7-12-29-62)50-53-84(83)100(86)96-80(76-44-26-48-90-92(76)78-40-19-21-46-88(78)102-90)59-73(98(4,5)6)60-81(96)77-45-27-49-91-93(77)79-41-20-22-47-89(79)103-91/h7-61H,1-6H3/i19D,20D,21D,22D,40D,41D,46D,47D. The SMILES string of the molecule is [2H]c1c([2H])c([2H])c2c(sc3cccc(-c4cc(C(C)(C)C)cc(-c5cccc6sc7c([2H])c([2H])c([2H])c([2H])c7c56)c4N4c5ccc(-c6cccc(-c7ccccc7)c6)cc5B5c6ccc(C(C)(C)C)cc6N(c6c(-c7ccccc7)cccc6-c6ccccc6)c6cc(-c7cccc(-c8ccccc8)c7)cc4c65)c32)c1[2H]. The molecule has 0 N–H and O–H groups in total. The largest absolute Gasteiger partial charge is 0.310 e. The van der Waals surface area contributed by atoms with Crippen molar-refractivity contribution in [1.29, 1.82) is 0 Å². The summed E-state index contributed by atoms with van der Waals surface area (Å²) in [5.41, 5.74) is 25.9. The predicted molar refractivity (Wildman–Crippen MR) is 447 cm³/mol. The Kier molecular flexibility index (Phi) is 12.9. The highest BCUT2D eigenvalue weighted by molar-refractivity contribution is 7.26. The van der Waals surface area contributed by atoms with E-state index < -0.39 is 12.1 Å². The van der Waals surface area contributed by atoms with Gasteiger partial charge in [-0.1, -0.05) is 302 Å². The number of fused-ring (bicyclic) bond motifs is 10. The van der Waals surface area contributed by atoms with Crippen molar-refractivity contribution in [2.75, 3.05) is 9.80 Å². The Hall–Kier alpha value is -11.6. The first-order valence-corrected chi connectivity index (χ1v) is 37.0. The second-order valence-electron chi connectivity index (χ2n) is 29.3. The smallest absolute Gasteiger partial charge is 0.252 e. The number of thiophene rings is 2. The summed E-state index contributed by atoms with van der Waals surface area (Å²) in [6.07, 6.45) is 0. The molecule has 0 saturated carbocycles. The number of nitrogens with zero attached hydrogens (tertiary/aromatic N) is 2. The Labute approximate surface area is 623 Å². The van der Waals surface area contributed by atoms with E-state index in [2.05, 4.69) is 312 Å². The van der Waals surface area contributed by atoms with Gasteiger partial charge in [0, 0.05) is 85.3 Å². The lowest BCUT2D eigenvalue weighted by Crippen LogP contribution is -2.61. The predicted octanol–water partition coefficient (Wildman–Crippen LogP) is 26.4. The van der Waals surface area contributed by atoms with Gasteiger partial charge in [0.15, 0.2) is 0 Å². The molecule has 0 unspecified atom stereocenters. The topological polar surface area (TPSA) is 6.48 Å². The maximum absolute atomic E-state index is 9.94. The van der Waals surface area contributed by atoms with Crippen molar-refractivity contribution in [2.45, 2.75) is 52.4 Å². The zero-order chi connectivity index (χ0) is 76.2. The lowest BCUT2D eigenvalue weighted by molar-refractivity contribution is 0.590. The molecule has 103 heavy (non-hydrogen) atoms. The average molecular weight is 1360 g/mol. The molecule has 0 spiro atoms. The fraction of sp³-hybridized carbons (Fsp3) is 0.0816. The minimum Gasteiger partial charge on any atom is -0.310 e. The molecule has 0 aliphatic carbocycles. The molecule has 2 aromatic heterocycles. The van der Waals surface area contributed by atoms with Crippen LogP contribution < -0.4 is 26.2 Å². The maximum Gasteiger partial charge on any atom is 0.252 e. The molecule has 0 bridgehead atoms. The second kappa shape index (κ2) is 24.6.